The minimum Gasteiger partial charge on any atom is -0.382 e. The van der Waals surface area contributed by atoms with Gasteiger partial charge in [0.25, 0.3) is 0 Å². The highest BCUT2D eigenvalue weighted by atomic mass is 35.5. The van der Waals surface area contributed by atoms with Crippen molar-refractivity contribution < 1.29 is 4.79 Å². The van der Waals surface area contributed by atoms with E-state index in [4.69, 9.17) is 17.3 Å². The molecule has 1 amide bonds. The highest BCUT2D eigenvalue weighted by molar-refractivity contribution is 6.29. The van der Waals surface area contributed by atoms with E-state index in [1.54, 1.807) is 12.3 Å². The summed E-state index contributed by atoms with van der Waals surface area (Å²) in [5.74, 6) is 0.203. The number of halogens is 1. The summed E-state index contributed by atoms with van der Waals surface area (Å²) in [5, 5.41) is 6.81. The Morgan fingerprint density at radius 1 is 1.79 bits per heavy atom. The summed E-state index contributed by atoms with van der Waals surface area (Å²) < 4.78 is 1.45. The van der Waals surface area contributed by atoms with Crippen molar-refractivity contribution in [2.45, 2.75) is 6.54 Å². The number of anilines is 1. The molecule has 76 valence electrons. The third-order valence-electron chi connectivity index (χ3n) is 1.44. The average Bonchev–Trinajstić information content (AvgIpc) is 2.48. The second kappa shape index (κ2) is 4.66. The van der Waals surface area contributed by atoms with Crippen LogP contribution in [0, 0.1) is 0 Å². The van der Waals surface area contributed by atoms with Gasteiger partial charge >= 0.3 is 0 Å². The third-order valence-corrected chi connectivity index (χ3v) is 1.58. The van der Waals surface area contributed by atoms with Crippen LogP contribution in [0.15, 0.2) is 23.9 Å². The Morgan fingerprint density at radius 3 is 3.00 bits per heavy atom. The van der Waals surface area contributed by atoms with E-state index in [1.165, 1.54) is 4.68 Å². The van der Waals surface area contributed by atoms with E-state index in [0.29, 0.717) is 10.9 Å². The molecule has 14 heavy (non-hydrogen) atoms. The highest BCUT2D eigenvalue weighted by Gasteiger charge is 2.02. The van der Waals surface area contributed by atoms with Crippen LogP contribution in [0.3, 0.4) is 0 Å². The zero-order valence-electron chi connectivity index (χ0n) is 7.53. The second-order valence-corrected chi connectivity index (χ2v) is 3.27. The number of nitrogens with zero attached hydrogens (tertiary/aromatic N) is 2. The topological polar surface area (TPSA) is 72.9 Å². The molecule has 0 aromatic carbocycles. The Hall–Kier alpha value is -1.49. The van der Waals surface area contributed by atoms with Gasteiger partial charge in [0.15, 0.2) is 0 Å². The van der Waals surface area contributed by atoms with Crippen LogP contribution in [0.4, 0.5) is 5.82 Å². The lowest BCUT2D eigenvalue weighted by Crippen LogP contribution is -2.28. The number of nitrogens with two attached hydrogens (primary N) is 1. The first-order chi connectivity index (χ1) is 6.58. The molecule has 1 rings (SSSR count). The zero-order valence-corrected chi connectivity index (χ0v) is 8.29. The first-order valence-corrected chi connectivity index (χ1v) is 4.34. The molecule has 0 fully saturated rings. The second-order valence-electron chi connectivity index (χ2n) is 2.73. The van der Waals surface area contributed by atoms with Crippen LogP contribution in [0.1, 0.15) is 0 Å². The lowest BCUT2D eigenvalue weighted by molar-refractivity contribution is -0.121. The number of carbonyl (C=O) groups excluding carboxylic acids is 1. The van der Waals surface area contributed by atoms with Crippen LogP contribution in [-0.2, 0) is 11.3 Å². The molecule has 1 aromatic rings. The molecule has 0 saturated heterocycles. The van der Waals surface area contributed by atoms with Crippen LogP contribution >= 0.6 is 11.6 Å². The quantitative estimate of drug-likeness (QED) is 0.759. The molecule has 5 nitrogen and oxygen atoms in total. The van der Waals surface area contributed by atoms with Crippen molar-refractivity contribution in [3.63, 3.8) is 0 Å². The van der Waals surface area contributed by atoms with Crippen LogP contribution in [0.2, 0.25) is 0 Å². The third kappa shape index (κ3) is 3.49. The summed E-state index contributed by atoms with van der Waals surface area (Å²) in [6.07, 6.45) is 1.63. The van der Waals surface area contributed by atoms with Gasteiger partial charge in [-0.3, -0.25) is 9.48 Å². The summed E-state index contributed by atoms with van der Waals surface area (Å²) >= 11 is 5.48. The Labute approximate surface area is 86.5 Å². The molecule has 6 heteroatoms. The van der Waals surface area contributed by atoms with Crippen molar-refractivity contribution in [3.05, 3.63) is 23.9 Å². The predicted molar refractivity (Wildman–Crippen MR) is 54.6 cm³/mol. The fraction of sp³-hybridized carbons (Fsp3) is 0.250. The van der Waals surface area contributed by atoms with Gasteiger partial charge in [-0.15, -0.1) is 0 Å². The summed E-state index contributed by atoms with van der Waals surface area (Å²) in [6.45, 7) is 3.83. The molecule has 0 atom stereocenters. The number of rotatable bonds is 4. The maximum Gasteiger partial charge on any atom is 0.242 e. The molecular weight excluding hydrogens is 204 g/mol. The summed E-state index contributed by atoms with van der Waals surface area (Å²) in [4.78, 5) is 11.2. The molecule has 0 radical (unpaired) electrons. The normalized spacial score (nSPS) is 9.79. The Kier molecular flexibility index (Phi) is 3.53. The van der Waals surface area contributed by atoms with Gasteiger partial charge < -0.3 is 11.1 Å². The number of aromatic nitrogens is 2. The summed E-state index contributed by atoms with van der Waals surface area (Å²) in [5.41, 5.74) is 5.38. The molecule has 0 bridgehead atoms. The predicted octanol–water partition coefficient (Wildman–Crippen LogP) is 0.334. The minimum atomic E-state index is -0.185. The van der Waals surface area contributed by atoms with E-state index in [-0.39, 0.29) is 19.0 Å². The van der Waals surface area contributed by atoms with Crippen LogP contribution in [-0.4, -0.2) is 22.2 Å². The fourth-order valence-corrected chi connectivity index (χ4v) is 0.930. The van der Waals surface area contributed by atoms with E-state index >= 15 is 0 Å². The first kappa shape index (κ1) is 10.6. The van der Waals surface area contributed by atoms with Gasteiger partial charge in [-0.25, -0.2) is 0 Å². The van der Waals surface area contributed by atoms with Crippen molar-refractivity contribution in [1.29, 1.82) is 0 Å². The monoisotopic (exact) mass is 214 g/mol. The molecular formula is C8H11ClN4O. The molecule has 3 N–H and O–H groups in total. The Morgan fingerprint density at radius 2 is 2.50 bits per heavy atom. The number of nitrogen functional groups attached to an aromatic ring is 1. The molecule has 0 unspecified atom stereocenters. The molecule has 1 heterocycles. The average molecular weight is 215 g/mol. The Bertz CT molecular complexity index is 347. The van der Waals surface area contributed by atoms with Crippen molar-refractivity contribution in [2.75, 3.05) is 12.3 Å². The molecule has 0 spiro atoms. The van der Waals surface area contributed by atoms with Gasteiger partial charge in [-0.1, -0.05) is 18.2 Å². The van der Waals surface area contributed by atoms with E-state index in [2.05, 4.69) is 17.0 Å². The van der Waals surface area contributed by atoms with Gasteiger partial charge in [0.2, 0.25) is 5.91 Å². The summed E-state index contributed by atoms with van der Waals surface area (Å²) in [7, 11) is 0. The van der Waals surface area contributed by atoms with Crippen LogP contribution in [0.5, 0.6) is 0 Å². The van der Waals surface area contributed by atoms with Crippen molar-refractivity contribution >= 4 is 23.3 Å². The number of hydrogen-bond donors (Lipinski definition) is 2. The highest BCUT2D eigenvalue weighted by Crippen LogP contribution is 1.96. The van der Waals surface area contributed by atoms with Gasteiger partial charge in [0, 0.05) is 11.2 Å². The van der Waals surface area contributed by atoms with Crippen LogP contribution < -0.4 is 11.1 Å². The smallest absolute Gasteiger partial charge is 0.242 e. The number of carbonyl (C=O) groups is 1. The van der Waals surface area contributed by atoms with Gasteiger partial charge in [0.1, 0.15) is 12.4 Å². The van der Waals surface area contributed by atoms with Crippen molar-refractivity contribution in [1.82, 2.24) is 15.1 Å². The summed E-state index contributed by atoms with van der Waals surface area (Å²) in [6, 6.07) is 1.62. The van der Waals surface area contributed by atoms with Crippen LogP contribution in [0.25, 0.3) is 0 Å². The molecule has 0 aliphatic heterocycles. The van der Waals surface area contributed by atoms with E-state index in [0.717, 1.165) is 0 Å². The maximum absolute atomic E-state index is 11.2. The number of amides is 1. The lowest BCUT2D eigenvalue weighted by atomic mass is 10.5. The molecule has 0 aliphatic carbocycles. The molecule has 0 aliphatic rings. The van der Waals surface area contributed by atoms with Crippen molar-refractivity contribution in [2.24, 2.45) is 0 Å². The van der Waals surface area contributed by atoms with E-state index in [1.807, 2.05) is 0 Å². The molecule has 0 saturated carbocycles. The first-order valence-electron chi connectivity index (χ1n) is 3.97. The standard InChI is InChI=1S/C8H11ClN4O/c1-6(9)4-11-8(14)5-13-3-2-7(10)12-13/h2-3H,1,4-5H2,(H2,10,12)(H,11,14). The Balaban J connectivity index is 2.37. The zero-order chi connectivity index (χ0) is 10.6. The minimum absolute atomic E-state index is 0.126. The molecule has 1 aromatic heterocycles. The van der Waals surface area contributed by atoms with Crippen molar-refractivity contribution in [3.8, 4) is 0 Å². The maximum atomic E-state index is 11.2. The number of nitrogens with one attached hydrogen (secondary N) is 1. The van der Waals surface area contributed by atoms with E-state index < -0.39 is 0 Å². The van der Waals surface area contributed by atoms with Gasteiger partial charge in [0.05, 0.1) is 6.54 Å². The number of hydrogen-bond acceptors (Lipinski definition) is 3. The van der Waals surface area contributed by atoms with Gasteiger partial charge in [-0.2, -0.15) is 5.10 Å². The van der Waals surface area contributed by atoms with E-state index in [9.17, 15) is 4.79 Å². The van der Waals surface area contributed by atoms with Gasteiger partial charge in [-0.05, 0) is 6.07 Å². The SMILES string of the molecule is C=C(Cl)CNC(=O)Cn1ccc(N)n1. The fourth-order valence-electron chi connectivity index (χ4n) is 0.863. The lowest BCUT2D eigenvalue weighted by Gasteiger charge is -2.03. The largest absolute Gasteiger partial charge is 0.382 e.